The molecule has 1 aromatic carbocycles. The van der Waals surface area contributed by atoms with E-state index in [1.54, 1.807) is 22.7 Å². The van der Waals surface area contributed by atoms with Gasteiger partial charge in [-0.25, -0.2) is 9.50 Å². The summed E-state index contributed by atoms with van der Waals surface area (Å²) in [7, 11) is 0. The molecule has 0 radical (unpaired) electrons. The van der Waals surface area contributed by atoms with Crippen molar-refractivity contribution in [3.05, 3.63) is 58.5 Å². The summed E-state index contributed by atoms with van der Waals surface area (Å²) in [4.78, 5) is 29.7. The largest absolute Gasteiger partial charge is 0.348 e. The third kappa shape index (κ3) is 4.12. The van der Waals surface area contributed by atoms with Crippen LogP contribution in [0, 0.1) is 20.8 Å². The quantitative estimate of drug-likeness (QED) is 0.691. The summed E-state index contributed by atoms with van der Waals surface area (Å²) in [6.07, 6.45) is 0.993. The minimum atomic E-state index is -0.333. The van der Waals surface area contributed by atoms with E-state index in [1.165, 1.54) is 0 Å². The van der Waals surface area contributed by atoms with E-state index < -0.39 is 0 Å². The summed E-state index contributed by atoms with van der Waals surface area (Å²) in [6, 6.07) is 9.13. The van der Waals surface area contributed by atoms with Gasteiger partial charge in [0.25, 0.3) is 11.8 Å². The highest BCUT2D eigenvalue weighted by Crippen LogP contribution is 2.21. The lowest BCUT2D eigenvalue weighted by Gasteiger charge is -2.13. The van der Waals surface area contributed by atoms with Crippen LogP contribution >= 0.6 is 11.8 Å². The average molecular weight is 410 g/mol. The van der Waals surface area contributed by atoms with Gasteiger partial charge in [-0.1, -0.05) is 6.07 Å². The van der Waals surface area contributed by atoms with Crippen molar-refractivity contribution in [2.24, 2.45) is 0 Å². The second kappa shape index (κ2) is 7.87. The molecule has 0 aliphatic carbocycles. The van der Waals surface area contributed by atoms with Gasteiger partial charge in [0.1, 0.15) is 0 Å². The van der Waals surface area contributed by atoms with Crippen LogP contribution in [0.1, 0.15) is 44.2 Å². The van der Waals surface area contributed by atoms with E-state index in [9.17, 15) is 9.59 Å². The van der Waals surface area contributed by atoms with E-state index in [1.807, 2.05) is 44.7 Å². The van der Waals surface area contributed by atoms with Crippen molar-refractivity contribution in [3.63, 3.8) is 0 Å². The highest BCUT2D eigenvalue weighted by atomic mass is 32.2. The summed E-state index contributed by atoms with van der Waals surface area (Å²) in [5.41, 5.74) is 4.70. The predicted octanol–water partition coefficient (Wildman–Crippen LogP) is 3.14. The first-order valence-corrected chi connectivity index (χ1v) is 10.7. The number of fused-ring (bicyclic) bond motifs is 1. The molecule has 1 aliphatic heterocycles. The molecular formula is C21H23N5O2S. The Kier molecular flexibility index (Phi) is 5.27. The summed E-state index contributed by atoms with van der Waals surface area (Å²) in [5, 5.41) is 10.3. The molecule has 2 aromatic heterocycles. The van der Waals surface area contributed by atoms with Gasteiger partial charge in [-0.2, -0.15) is 16.9 Å². The lowest BCUT2D eigenvalue weighted by atomic mass is 10.1. The Bertz CT molecular complexity index is 1100. The van der Waals surface area contributed by atoms with E-state index in [4.69, 9.17) is 0 Å². The molecule has 0 spiro atoms. The SMILES string of the molecule is Cc1cc(C)n2nc(C(=O)Nc3cc(C(=O)NC4CCSC4)ccc3C)cc2n1. The fourth-order valence-electron chi connectivity index (χ4n) is 3.40. The highest BCUT2D eigenvalue weighted by molar-refractivity contribution is 7.99. The maximum absolute atomic E-state index is 12.8. The number of hydrogen-bond donors (Lipinski definition) is 2. The van der Waals surface area contributed by atoms with Gasteiger partial charge in [0.2, 0.25) is 0 Å². The number of hydrogen-bond acceptors (Lipinski definition) is 5. The molecule has 1 fully saturated rings. The number of carbonyl (C=O) groups is 2. The predicted molar refractivity (Wildman–Crippen MR) is 115 cm³/mol. The minimum Gasteiger partial charge on any atom is -0.348 e. The van der Waals surface area contributed by atoms with Crippen LogP contribution < -0.4 is 10.6 Å². The van der Waals surface area contributed by atoms with Crippen molar-refractivity contribution in [1.29, 1.82) is 0 Å². The zero-order valence-electron chi connectivity index (χ0n) is 16.7. The Hall–Kier alpha value is -2.87. The van der Waals surface area contributed by atoms with Gasteiger partial charge in [-0.05, 0) is 56.7 Å². The number of rotatable bonds is 4. The number of carbonyl (C=O) groups excluding carboxylic acids is 2. The average Bonchev–Trinajstić information content (AvgIpc) is 3.33. The number of nitrogens with zero attached hydrogens (tertiary/aromatic N) is 3. The van der Waals surface area contributed by atoms with Crippen molar-refractivity contribution in [2.75, 3.05) is 16.8 Å². The standard InChI is InChI=1S/C21H23N5O2S/c1-12-4-5-15(20(27)23-16-6-7-29-11-16)9-17(12)24-21(28)18-10-19-22-13(2)8-14(3)26(19)25-18/h4-5,8-10,16H,6-7,11H2,1-3H3,(H,23,27)(H,24,28). The molecule has 3 heterocycles. The molecule has 0 bridgehead atoms. The lowest BCUT2D eigenvalue weighted by molar-refractivity contribution is 0.0940. The third-order valence-corrected chi connectivity index (χ3v) is 6.14. The number of aromatic nitrogens is 3. The van der Waals surface area contributed by atoms with E-state index in [-0.39, 0.29) is 23.6 Å². The molecule has 1 aliphatic rings. The first-order chi connectivity index (χ1) is 13.9. The van der Waals surface area contributed by atoms with Crippen LogP contribution in [0.4, 0.5) is 5.69 Å². The Labute approximate surface area is 173 Å². The van der Waals surface area contributed by atoms with Crippen LogP contribution in [0.5, 0.6) is 0 Å². The van der Waals surface area contributed by atoms with Crippen molar-refractivity contribution in [2.45, 2.75) is 33.2 Å². The molecule has 1 atom stereocenters. The van der Waals surface area contributed by atoms with E-state index in [2.05, 4.69) is 20.7 Å². The van der Waals surface area contributed by atoms with Crippen LogP contribution in [0.15, 0.2) is 30.3 Å². The first kappa shape index (κ1) is 19.4. The number of aryl methyl sites for hydroxylation is 3. The monoisotopic (exact) mass is 409 g/mol. The van der Waals surface area contributed by atoms with Crippen molar-refractivity contribution in [3.8, 4) is 0 Å². The molecular weight excluding hydrogens is 386 g/mol. The number of anilines is 1. The highest BCUT2D eigenvalue weighted by Gasteiger charge is 2.19. The molecule has 29 heavy (non-hydrogen) atoms. The Balaban J connectivity index is 1.54. The molecule has 1 saturated heterocycles. The number of nitrogens with one attached hydrogen (secondary N) is 2. The molecule has 150 valence electrons. The lowest BCUT2D eigenvalue weighted by Crippen LogP contribution is -2.34. The van der Waals surface area contributed by atoms with Crippen molar-refractivity contribution < 1.29 is 9.59 Å². The third-order valence-electron chi connectivity index (χ3n) is 4.98. The number of benzene rings is 1. The maximum atomic E-state index is 12.8. The fraction of sp³-hybridized carbons (Fsp3) is 0.333. The molecule has 7 nitrogen and oxygen atoms in total. The fourth-order valence-corrected chi connectivity index (χ4v) is 4.55. The van der Waals surface area contributed by atoms with E-state index >= 15 is 0 Å². The molecule has 4 rings (SSSR count). The molecule has 3 aromatic rings. The number of amides is 2. The van der Waals surface area contributed by atoms with Crippen LogP contribution in [0.25, 0.3) is 5.65 Å². The van der Waals surface area contributed by atoms with Crippen molar-refractivity contribution >= 4 is 34.9 Å². The Morgan fingerprint density at radius 2 is 1.97 bits per heavy atom. The zero-order valence-corrected chi connectivity index (χ0v) is 17.5. The van der Waals surface area contributed by atoms with Gasteiger partial charge < -0.3 is 10.6 Å². The molecule has 2 N–H and O–H groups in total. The number of thioether (sulfide) groups is 1. The second-order valence-corrected chi connectivity index (χ2v) is 8.51. The van der Waals surface area contributed by atoms with Gasteiger partial charge in [-0.15, -0.1) is 0 Å². The smallest absolute Gasteiger partial charge is 0.276 e. The van der Waals surface area contributed by atoms with Gasteiger partial charge in [0, 0.05) is 40.5 Å². The second-order valence-electron chi connectivity index (χ2n) is 7.36. The Morgan fingerprint density at radius 3 is 2.72 bits per heavy atom. The maximum Gasteiger partial charge on any atom is 0.276 e. The normalized spacial score (nSPS) is 16.2. The van der Waals surface area contributed by atoms with Crippen LogP contribution in [0.2, 0.25) is 0 Å². The zero-order chi connectivity index (χ0) is 20.5. The van der Waals surface area contributed by atoms with Crippen LogP contribution in [0.3, 0.4) is 0 Å². The Morgan fingerprint density at radius 1 is 1.14 bits per heavy atom. The van der Waals surface area contributed by atoms with Crippen LogP contribution in [-0.4, -0.2) is 44.0 Å². The van der Waals surface area contributed by atoms with E-state index in [0.717, 1.165) is 34.9 Å². The summed E-state index contributed by atoms with van der Waals surface area (Å²) in [6.45, 7) is 5.72. The van der Waals surface area contributed by atoms with Crippen LogP contribution in [-0.2, 0) is 0 Å². The molecule has 1 unspecified atom stereocenters. The van der Waals surface area contributed by atoms with Gasteiger partial charge in [0.05, 0.1) is 0 Å². The minimum absolute atomic E-state index is 0.115. The molecule has 2 amide bonds. The van der Waals surface area contributed by atoms with E-state index in [0.29, 0.717) is 16.9 Å². The molecule has 0 saturated carbocycles. The first-order valence-electron chi connectivity index (χ1n) is 9.55. The van der Waals surface area contributed by atoms with Gasteiger partial charge in [-0.3, -0.25) is 9.59 Å². The summed E-state index contributed by atoms with van der Waals surface area (Å²) < 4.78 is 1.65. The van der Waals surface area contributed by atoms with Crippen molar-refractivity contribution in [1.82, 2.24) is 19.9 Å². The van der Waals surface area contributed by atoms with Gasteiger partial charge >= 0.3 is 0 Å². The van der Waals surface area contributed by atoms with Gasteiger partial charge in [0.15, 0.2) is 11.3 Å². The molecule has 8 heteroatoms. The topological polar surface area (TPSA) is 88.4 Å². The summed E-state index contributed by atoms with van der Waals surface area (Å²) >= 11 is 1.85. The summed E-state index contributed by atoms with van der Waals surface area (Å²) in [5.74, 6) is 1.58.